The lowest BCUT2D eigenvalue weighted by Crippen LogP contribution is -2.26. The Morgan fingerprint density at radius 1 is 1.29 bits per heavy atom. The van der Waals surface area contributed by atoms with Gasteiger partial charge in [0.15, 0.2) is 0 Å². The number of hydrogen-bond acceptors (Lipinski definition) is 2. The highest BCUT2D eigenvalue weighted by atomic mass is 16.3. The molecule has 0 heterocycles. The number of rotatable bonds is 1. The normalized spacial score (nSPS) is 14.1. The second-order valence-corrected chi connectivity index (χ2v) is 4.88. The minimum Gasteiger partial charge on any atom is -0.508 e. The van der Waals surface area contributed by atoms with Crippen LogP contribution >= 0.6 is 0 Å². The van der Waals surface area contributed by atoms with E-state index in [4.69, 9.17) is 5.73 Å². The summed E-state index contributed by atoms with van der Waals surface area (Å²) in [5, 5.41) is 9.28. The van der Waals surface area contributed by atoms with Crippen LogP contribution in [0.15, 0.2) is 18.2 Å². The number of aromatic hydroxyl groups is 1. The Hall–Kier alpha value is -1.02. The Kier molecular flexibility index (Phi) is 2.86. The van der Waals surface area contributed by atoms with Crippen molar-refractivity contribution in [3.8, 4) is 5.75 Å². The summed E-state index contributed by atoms with van der Waals surface area (Å²) in [6, 6.07) is 5.35. The van der Waals surface area contributed by atoms with Gasteiger partial charge in [0.2, 0.25) is 0 Å². The minimum atomic E-state index is 0.00287. The third-order valence-electron chi connectivity index (χ3n) is 2.52. The highest BCUT2D eigenvalue weighted by Gasteiger charge is 2.23. The Morgan fingerprint density at radius 2 is 1.86 bits per heavy atom. The minimum absolute atomic E-state index is 0.00287. The molecule has 78 valence electrons. The van der Waals surface area contributed by atoms with Crippen LogP contribution < -0.4 is 5.73 Å². The highest BCUT2D eigenvalue weighted by molar-refractivity contribution is 5.36. The third kappa shape index (κ3) is 2.26. The molecule has 2 heteroatoms. The van der Waals surface area contributed by atoms with E-state index in [1.807, 2.05) is 13.0 Å². The molecule has 1 aromatic carbocycles. The summed E-state index contributed by atoms with van der Waals surface area (Å²) in [5.74, 6) is 0.298. The maximum Gasteiger partial charge on any atom is 0.115 e. The standard InChI is InChI=1S/C12H19NO/c1-8-7-9(14)5-6-10(8)11(13)12(2,3)4/h5-7,11,14H,13H2,1-4H3. The van der Waals surface area contributed by atoms with Gasteiger partial charge in [0, 0.05) is 6.04 Å². The molecule has 1 atom stereocenters. The van der Waals surface area contributed by atoms with E-state index in [-0.39, 0.29) is 11.5 Å². The van der Waals surface area contributed by atoms with Gasteiger partial charge in [-0.05, 0) is 35.6 Å². The van der Waals surface area contributed by atoms with E-state index in [0.717, 1.165) is 11.1 Å². The molecule has 0 spiro atoms. The van der Waals surface area contributed by atoms with Gasteiger partial charge in [-0.15, -0.1) is 0 Å². The first-order valence-corrected chi connectivity index (χ1v) is 4.87. The van der Waals surface area contributed by atoms with Crippen LogP contribution in [0.3, 0.4) is 0 Å². The number of hydrogen-bond donors (Lipinski definition) is 2. The van der Waals surface area contributed by atoms with Gasteiger partial charge in [-0.1, -0.05) is 26.8 Å². The summed E-state index contributed by atoms with van der Waals surface area (Å²) in [5.41, 5.74) is 8.34. The van der Waals surface area contributed by atoms with Crippen molar-refractivity contribution in [1.82, 2.24) is 0 Å². The van der Waals surface area contributed by atoms with Crippen molar-refractivity contribution in [1.29, 1.82) is 0 Å². The van der Waals surface area contributed by atoms with E-state index in [0.29, 0.717) is 5.75 Å². The molecule has 1 rings (SSSR count). The van der Waals surface area contributed by atoms with Crippen molar-refractivity contribution in [2.45, 2.75) is 33.7 Å². The third-order valence-corrected chi connectivity index (χ3v) is 2.52. The summed E-state index contributed by atoms with van der Waals surface area (Å²) < 4.78 is 0. The second-order valence-electron chi connectivity index (χ2n) is 4.88. The van der Waals surface area contributed by atoms with Crippen LogP contribution in [0.5, 0.6) is 5.75 Å². The van der Waals surface area contributed by atoms with Crippen LogP contribution in [0.4, 0.5) is 0 Å². The number of phenolic OH excluding ortho intramolecular Hbond substituents is 1. The first-order valence-electron chi connectivity index (χ1n) is 4.87. The maximum absolute atomic E-state index is 9.28. The molecule has 0 radical (unpaired) electrons. The smallest absolute Gasteiger partial charge is 0.115 e. The zero-order valence-electron chi connectivity index (χ0n) is 9.33. The van der Waals surface area contributed by atoms with Gasteiger partial charge in [-0.2, -0.15) is 0 Å². The van der Waals surface area contributed by atoms with Crippen LogP contribution in [0.25, 0.3) is 0 Å². The molecular weight excluding hydrogens is 174 g/mol. The molecule has 0 saturated carbocycles. The van der Waals surface area contributed by atoms with Gasteiger partial charge in [-0.3, -0.25) is 0 Å². The molecule has 1 unspecified atom stereocenters. The zero-order chi connectivity index (χ0) is 10.9. The lowest BCUT2D eigenvalue weighted by molar-refractivity contribution is 0.325. The molecule has 0 bridgehead atoms. The number of aryl methyl sites for hydroxylation is 1. The molecule has 0 fully saturated rings. The predicted molar refractivity (Wildman–Crippen MR) is 59.2 cm³/mol. The van der Waals surface area contributed by atoms with Gasteiger partial charge >= 0.3 is 0 Å². The van der Waals surface area contributed by atoms with Crippen LogP contribution in [0, 0.1) is 12.3 Å². The Bertz CT molecular complexity index is 326. The predicted octanol–water partition coefficient (Wildman–Crippen LogP) is 2.75. The lowest BCUT2D eigenvalue weighted by Gasteiger charge is -2.28. The quantitative estimate of drug-likeness (QED) is 0.720. The summed E-state index contributed by atoms with van der Waals surface area (Å²) >= 11 is 0. The van der Waals surface area contributed by atoms with Crippen molar-refractivity contribution in [2.75, 3.05) is 0 Å². The number of nitrogens with two attached hydrogens (primary N) is 1. The van der Waals surface area contributed by atoms with Crippen molar-refractivity contribution < 1.29 is 5.11 Å². The van der Waals surface area contributed by atoms with Gasteiger partial charge in [-0.25, -0.2) is 0 Å². The maximum atomic E-state index is 9.28. The molecule has 0 aliphatic carbocycles. The van der Waals surface area contributed by atoms with Crippen LogP contribution in [0.1, 0.15) is 37.9 Å². The molecule has 14 heavy (non-hydrogen) atoms. The first-order chi connectivity index (χ1) is 6.32. The summed E-state index contributed by atoms with van der Waals surface area (Å²) in [7, 11) is 0. The average Bonchev–Trinajstić information content (AvgIpc) is 2.01. The fourth-order valence-corrected chi connectivity index (χ4v) is 1.48. The molecular formula is C12H19NO. The molecule has 3 N–H and O–H groups in total. The number of benzene rings is 1. The molecule has 0 amide bonds. The van der Waals surface area contributed by atoms with E-state index in [2.05, 4.69) is 20.8 Å². The fraction of sp³-hybridized carbons (Fsp3) is 0.500. The van der Waals surface area contributed by atoms with Gasteiger partial charge < -0.3 is 10.8 Å². The number of phenols is 1. The largest absolute Gasteiger partial charge is 0.508 e. The molecule has 1 aromatic rings. The van der Waals surface area contributed by atoms with Crippen molar-refractivity contribution in [3.05, 3.63) is 29.3 Å². The van der Waals surface area contributed by atoms with Crippen LogP contribution in [-0.4, -0.2) is 5.11 Å². The van der Waals surface area contributed by atoms with E-state index in [1.54, 1.807) is 12.1 Å². The zero-order valence-corrected chi connectivity index (χ0v) is 9.33. The van der Waals surface area contributed by atoms with Gasteiger partial charge in [0.1, 0.15) is 5.75 Å². The van der Waals surface area contributed by atoms with Gasteiger partial charge in [0.25, 0.3) is 0 Å². The van der Waals surface area contributed by atoms with E-state index >= 15 is 0 Å². The van der Waals surface area contributed by atoms with Crippen LogP contribution in [0.2, 0.25) is 0 Å². The van der Waals surface area contributed by atoms with Crippen molar-refractivity contribution in [3.63, 3.8) is 0 Å². The summed E-state index contributed by atoms with van der Waals surface area (Å²) in [6.07, 6.45) is 0. The molecule has 0 aliphatic rings. The molecule has 0 saturated heterocycles. The van der Waals surface area contributed by atoms with Gasteiger partial charge in [0.05, 0.1) is 0 Å². The highest BCUT2D eigenvalue weighted by Crippen LogP contribution is 2.33. The lowest BCUT2D eigenvalue weighted by atomic mass is 9.81. The average molecular weight is 193 g/mol. The van der Waals surface area contributed by atoms with Crippen LogP contribution in [-0.2, 0) is 0 Å². The molecule has 2 nitrogen and oxygen atoms in total. The van der Waals surface area contributed by atoms with E-state index in [9.17, 15) is 5.11 Å². The first kappa shape index (κ1) is 11.1. The fourth-order valence-electron chi connectivity index (χ4n) is 1.48. The van der Waals surface area contributed by atoms with E-state index < -0.39 is 0 Å². The second kappa shape index (κ2) is 3.62. The topological polar surface area (TPSA) is 46.2 Å². The summed E-state index contributed by atoms with van der Waals surface area (Å²) in [6.45, 7) is 8.32. The Morgan fingerprint density at radius 3 is 2.29 bits per heavy atom. The van der Waals surface area contributed by atoms with Crippen molar-refractivity contribution in [2.24, 2.45) is 11.1 Å². The monoisotopic (exact) mass is 193 g/mol. The van der Waals surface area contributed by atoms with Crippen molar-refractivity contribution >= 4 is 0 Å². The van der Waals surface area contributed by atoms with E-state index in [1.165, 1.54) is 0 Å². The molecule has 0 aliphatic heterocycles. The summed E-state index contributed by atoms with van der Waals surface area (Å²) in [4.78, 5) is 0. The Labute approximate surface area is 85.8 Å². The SMILES string of the molecule is Cc1cc(O)ccc1C(N)C(C)(C)C. The molecule has 0 aromatic heterocycles. The Balaban J connectivity index is 3.08.